The van der Waals surface area contributed by atoms with E-state index in [-0.39, 0.29) is 14.9 Å². The van der Waals surface area contributed by atoms with Crippen LogP contribution in [0.5, 0.6) is 5.75 Å². The van der Waals surface area contributed by atoms with Crippen LogP contribution in [0.15, 0.2) is 24.3 Å². The summed E-state index contributed by atoms with van der Waals surface area (Å²) in [6.45, 7) is 4.36. The summed E-state index contributed by atoms with van der Waals surface area (Å²) in [5.74, 6) is 1.52. The first-order valence-electron chi connectivity index (χ1n) is 3.88. The van der Waals surface area contributed by atoms with Crippen molar-refractivity contribution in [3.05, 3.63) is 29.8 Å². The van der Waals surface area contributed by atoms with E-state index in [4.69, 9.17) is 4.74 Å². The van der Waals surface area contributed by atoms with E-state index in [1.165, 1.54) is 5.56 Å². The molecule has 0 amide bonds. The van der Waals surface area contributed by atoms with Crippen LogP contribution in [-0.4, -0.2) is 7.11 Å². The molecule has 0 radical (unpaired) electrons. The molecule has 0 saturated carbocycles. The topological polar surface area (TPSA) is 9.23 Å². The number of ether oxygens (including phenoxy) is 1. The van der Waals surface area contributed by atoms with E-state index in [0.717, 1.165) is 5.75 Å². The van der Waals surface area contributed by atoms with Gasteiger partial charge in [-0.2, -0.15) is 0 Å². The van der Waals surface area contributed by atoms with Gasteiger partial charge < -0.3 is 4.74 Å². The SMILES string of the molecule is C.C.COc1ccc(C(C)C)cc1. The monoisotopic (exact) mass is 182 g/mol. The Morgan fingerprint density at radius 2 is 1.46 bits per heavy atom. The number of hydrogen-bond acceptors (Lipinski definition) is 1. The highest BCUT2D eigenvalue weighted by Crippen LogP contribution is 2.17. The van der Waals surface area contributed by atoms with Crippen LogP contribution in [0.3, 0.4) is 0 Å². The summed E-state index contributed by atoms with van der Waals surface area (Å²) in [6.07, 6.45) is 0. The number of methoxy groups -OCH3 is 1. The largest absolute Gasteiger partial charge is 0.497 e. The van der Waals surface area contributed by atoms with Gasteiger partial charge in [-0.15, -0.1) is 0 Å². The Morgan fingerprint density at radius 3 is 1.77 bits per heavy atom. The maximum Gasteiger partial charge on any atom is 0.118 e. The van der Waals surface area contributed by atoms with Crippen LogP contribution in [0.25, 0.3) is 0 Å². The van der Waals surface area contributed by atoms with Crippen molar-refractivity contribution in [2.24, 2.45) is 0 Å². The molecule has 0 N–H and O–H groups in total. The van der Waals surface area contributed by atoms with E-state index in [9.17, 15) is 0 Å². The zero-order valence-electron chi connectivity index (χ0n) is 7.29. The first kappa shape index (κ1) is 14.5. The Morgan fingerprint density at radius 1 is 1.00 bits per heavy atom. The molecular weight excluding hydrogens is 160 g/mol. The molecule has 0 atom stereocenters. The fourth-order valence-corrected chi connectivity index (χ4v) is 0.989. The Balaban J connectivity index is 0. The molecule has 0 spiro atoms. The fraction of sp³-hybridized carbons (Fsp3) is 0.500. The molecule has 13 heavy (non-hydrogen) atoms. The van der Waals surface area contributed by atoms with E-state index in [1.807, 2.05) is 12.1 Å². The highest BCUT2D eigenvalue weighted by molar-refractivity contribution is 5.28. The van der Waals surface area contributed by atoms with E-state index >= 15 is 0 Å². The lowest BCUT2D eigenvalue weighted by atomic mass is 10.0. The molecule has 1 heteroatoms. The third-order valence-electron chi connectivity index (χ3n) is 1.78. The van der Waals surface area contributed by atoms with Crippen LogP contribution in [0.1, 0.15) is 40.2 Å². The highest BCUT2D eigenvalue weighted by Gasteiger charge is 1.97. The molecule has 0 saturated heterocycles. The predicted molar refractivity (Wildman–Crippen MR) is 60.5 cm³/mol. The Kier molecular flexibility index (Phi) is 7.30. The van der Waals surface area contributed by atoms with Crippen molar-refractivity contribution in [1.82, 2.24) is 0 Å². The molecule has 1 aromatic rings. The van der Waals surface area contributed by atoms with Crippen LogP contribution >= 0.6 is 0 Å². The van der Waals surface area contributed by atoms with Gasteiger partial charge in [0.1, 0.15) is 5.75 Å². The van der Waals surface area contributed by atoms with Gasteiger partial charge >= 0.3 is 0 Å². The van der Waals surface area contributed by atoms with Crippen LogP contribution in [0.2, 0.25) is 0 Å². The van der Waals surface area contributed by atoms with Gasteiger partial charge in [-0.1, -0.05) is 40.8 Å². The molecule has 0 aliphatic heterocycles. The van der Waals surface area contributed by atoms with Crippen LogP contribution in [-0.2, 0) is 0 Å². The Bertz CT molecular complexity index is 211. The van der Waals surface area contributed by atoms with Crippen LogP contribution in [0.4, 0.5) is 0 Å². The third-order valence-corrected chi connectivity index (χ3v) is 1.78. The first-order chi connectivity index (χ1) is 5.24. The summed E-state index contributed by atoms with van der Waals surface area (Å²) in [5.41, 5.74) is 1.35. The zero-order chi connectivity index (χ0) is 8.27. The minimum Gasteiger partial charge on any atom is -0.497 e. The molecule has 0 fully saturated rings. The van der Waals surface area contributed by atoms with E-state index in [2.05, 4.69) is 26.0 Å². The Labute approximate surface area is 82.7 Å². The van der Waals surface area contributed by atoms with Crippen molar-refractivity contribution in [2.45, 2.75) is 34.6 Å². The van der Waals surface area contributed by atoms with Gasteiger partial charge in [0.2, 0.25) is 0 Å². The van der Waals surface area contributed by atoms with Crippen molar-refractivity contribution in [1.29, 1.82) is 0 Å². The molecule has 1 aromatic carbocycles. The maximum absolute atomic E-state index is 5.05. The number of rotatable bonds is 2. The molecule has 1 nitrogen and oxygen atoms in total. The standard InChI is InChI=1S/C10H14O.2CH4/c1-8(2)9-4-6-10(11-3)7-5-9;;/h4-8H,1-3H3;2*1H4. The van der Waals surface area contributed by atoms with Gasteiger partial charge in [0.25, 0.3) is 0 Å². The number of hydrogen-bond donors (Lipinski definition) is 0. The van der Waals surface area contributed by atoms with E-state index in [1.54, 1.807) is 7.11 Å². The number of benzene rings is 1. The second-order valence-electron chi connectivity index (χ2n) is 2.93. The Hall–Kier alpha value is -0.980. The maximum atomic E-state index is 5.05. The lowest BCUT2D eigenvalue weighted by molar-refractivity contribution is 0.414. The van der Waals surface area contributed by atoms with Crippen molar-refractivity contribution in [3.8, 4) is 5.75 Å². The van der Waals surface area contributed by atoms with E-state index < -0.39 is 0 Å². The lowest BCUT2D eigenvalue weighted by Gasteiger charge is -2.05. The second-order valence-corrected chi connectivity index (χ2v) is 2.93. The third kappa shape index (κ3) is 3.97. The van der Waals surface area contributed by atoms with Gasteiger partial charge in [-0.25, -0.2) is 0 Å². The lowest BCUT2D eigenvalue weighted by Crippen LogP contribution is -1.87. The zero-order valence-corrected chi connectivity index (χ0v) is 7.29. The van der Waals surface area contributed by atoms with Crippen molar-refractivity contribution < 1.29 is 4.74 Å². The highest BCUT2D eigenvalue weighted by atomic mass is 16.5. The molecule has 0 bridgehead atoms. The average Bonchev–Trinajstić information content (AvgIpc) is 2.05. The predicted octanol–water partition coefficient (Wildman–Crippen LogP) is 4.09. The smallest absolute Gasteiger partial charge is 0.118 e. The molecule has 0 unspecified atom stereocenters. The minimum atomic E-state index is 0. The first-order valence-corrected chi connectivity index (χ1v) is 3.88. The normalized spacial score (nSPS) is 8.62. The van der Waals surface area contributed by atoms with Crippen LogP contribution in [0, 0.1) is 0 Å². The quantitative estimate of drug-likeness (QED) is 0.669. The molecule has 0 aliphatic rings. The summed E-state index contributed by atoms with van der Waals surface area (Å²) in [6, 6.07) is 8.19. The molecule has 0 aliphatic carbocycles. The van der Waals surface area contributed by atoms with Crippen molar-refractivity contribution >= 4 is 0 Å². The summed E-state index contributed by atoms with van der Waals surface area (Å²) in [5, 5.41) is 0. The molecule has 0 heterocycles. The molecular formula is C12H22O. The van der Waals surface area contributed by atoms with Gasteiger partial charge in [0.05, 0.1) is 7.11 Å². The summed E-state index contributed by atoms with van der Waals surface area (Å²) in [4.78, 5) is 0. The van der Waals surface area contributed by atoms with Crippen LogP contribution < -0.4 is 4.74 Å². The van der Waals surface area contributed by atoms with Gasteiger partial charge in [-0.05, 0) is 23.6 Å². The summed E-state index contributed by atoms with van der Waals surface area (Å²) < 4.78 is 5.05. The van der Waals surface area contributed by atoms with Gasteiger partial charge in [0, 0.05) is 0 Å². The summed E-state index contributed by atoms with van der Waals surface area (Å²) >= 11 is 0. The molecule has 76 valence electrons. The van der Waals surface area contributed by atoms with Crippen molar-refractivity contribution in [3.63, 3.8) is 0 Å². The van der Waals surface area contributed by atoms with Gasteiger partial charge in [-0.3, -0.25) is 0 Å². The van der Waals surface area contributed by atoms with E-state index in [0.29, 0.717) is 5.92 Å². The summed E-state index contributed by atoms with van der Waals surface area (Å²) in [7, 11) is 1.68. The van der Waals surface area contributed by atoms with Gasteiger partial charge in [0.15, 0.2) is 0 Å². The molecule has 0 aromatic heterocycles. The fourth-order valence-electron chi connectivity index (χ4n) is 0.989. The van der Waals surface area contributed by atoms with Crippen molar-refractivity contribution in [2.75, 3.05) is 7.11 Å². The second kappa shape index (κ2) is 6.53. The average molecular weight is 182 g/mol. The minimum absolute atomic E-state index is 0. The molecule has 1 rings (SSSR count).